The van der Waals surface area contributed by atoms with Gasteiger partial charge in [0.1, 0.15) is 12.1 Å². The van der Waals surface area contributed by atoms with Gasteiger partial charge >= 0.3 is 6.09 Å². The third kappa shape index (κ3) is 4.67. The highest BCUT2D eigenvalue weighted by molar-refractivity contribution is 5.76. The van der Waals surface area contributed by atoms with Gasteiger partial charge in [-0.1, -0.05) is 0 Å². The summed E-state index contributed by atoms with van der Waals surface area (Å²) in [5, 5.41) is 10.8. The van der Waals surface area contributed by atoms with Crippen LogP contribution in [0, 0.1) is 0 Å². The molecule has 2 fully saturated rings. The van der Waals surface area contributed by atoms with Crippen LogP contribution in [0.3, 0.4) is 0 Å². The fourth-order valence-electron chi connectivity index (χ4n) is 3.96. The van der Waals surface area contributed by atoms with E-state index in [2.05, 4.69) is 25.3 Å². The zero-order chi connectivity index (χ0) is 20.9. The van der Waals surface area contributed by atoms with Gasteiger partial charge in [-0.05, 0) is 25.3 Å². The van der Waals surface area contributed by atoms with Crippen molar-refractivity contribution in [3.8, 4) is 5.95 Å². The highest BCUT2D eigenvalue weighted by Crippen LogP contribution is 2.25. The SMILES string of the molecule is O=C(CC1CCCCN1c1ccnc(-n2ccnc2)n1)NN1CCN(C(=O)O)CC1. The summed E-state index contributed by atoms with van der Waals surface area (Å²) in [6.45, 7) is 2.61. The van der Waals surface area contributed by atoms with Crippen LogP contribution >= 0.6 is 0 Å². The lowest BCUT2D eigenvalue weighted by atomic mass is 9.99. The van der Waals surface area contributed by atoms with Gasteiger partial charge in [-0.25, -0.2) is 19.8 Å². The van der Waals surface area contributed by atoms with Crippen molar-refractivity contribution in [3.05, 3.63) is 31.0 Å². The molecule has 0 aliphatic carbocycles. The molecule has 0 aromatic carbocycles. The Bertz CT molecular complexity index is 866. The monoisotopic (exact) mass is 414 g/mol. The number of aromatic nitrogens is 4. The summed E-state index contributed by atoms with van der Waals surface area (Å²) in [7, 11) is 0. The molecule has 2 saturated heterocycles. The number of nitrogens with one attached hydrogen (secondary N) is 1. The lowest BCUT2D eigenvalue weighted by Gasteiger charge is -2.37. The van der Waals surface area contributed by atoms with Gasteiger partial charge in [-0.2, -0.15) is 4.98 Å². The molecule has 2 amide bonds. The molecule has 2 aromatic rings. The van der Waals surface area contributed by atoms with Crippen LogP contribution in [0.5, 0.6) is 0 Å². The summed E-state index contributed by atoms with van der Waals surface area (Å²) in [4.78, 5) is 40.3. The Morgan fingerprint density at radius 3 is 2.70 bits per heavy atom. The van der Waals surface area contributed by atoms with E-state index in [9.17, 15) is 9.59 Å². The fourth-order valence-corrected chi connectivity index (χ4v) is 3.96. The molecule has 11 nitrogen and oxygen atoms in total. The zero-order valence-corrected chi connectivity index (χ0v) is 16.7. The van der Waals surface area contributed by atoms with Gasteiger partial charge in [0.15, 0.2) is 0 Å². The molecule has 2 aliphatic heterocycles. The maximum Gasteiger partial charge on any atom is 0.407 e. The first-order valence-corrected chi connectivity index (χ1v) is 10.2. The summed E-state index contributed by atoms with van der Waals surface area (Å²) in [5.41, 5.74) is 2.93. The van der Waals surface area contributed by atoms with Crippen molar-refractivity contribution >= 4 is 17.8 Å². The van der Waals surface area contributed by atoms with Crippen molar-refractivity contribution in [3.63, 3.8) is 0 Å². The second-order valence-corrected chi connectivity index (χ2v) is 7.52. The number of carbonyl (C=O) groups excluding carboxylic acids is 1. The van der Waals surface area contributed by atoms with Crippen LogP contribution in [0.2, 0.25) is 0 Å². The smallest absolute Gasteiger partial charge is 0.407 e. The van der Waals surface area contributed by atoms with E-state index in [1.807, 2.05) is 6.07 Å². The lowest BCUT2D eigenvalue weighted by Crippen LogP contribution is -2.55. The van der Waals surface area contributed by atoms with E-state index < -0.39 is 6.09 Å². The Balaban J connectivity index is 1.38. The normalized spacial score (nSPS) is 20.2. The second kappa shape index (κ2) is 9.08. The quantitative estimate of drug-likeness (QED) is 0.735. The van der Waals surface area contributed by atoms with Crippen LogP contribution in [-0.4, -0.2) is 85.3 Å². The molecule has 2 aromatic heterocycles. The largest absolute Gasteiger partial charge is 0.465 e. The number of hydrogen-bond acceptors (Lipinski definition) is 7. The molecule has 30 heavy (non-hydrogen) atoms. The molecule has 0 saturated carbocycles. The molecule has 11 heteroatoms. The molecule has 0 bridgehead atoms. The highest BCUT2D eigenvalue weighted by atomic mass is 16.4. The summed E-state index contributed by atoms with van der Waals surface area (Å²) in [5.74, 6) is 1.30. The number of anilines is 1. The lowest BCUT2D eigenvalue weighted by molar-refractivity contribution is -0.127. The van der Waals surface area contributed by atoms with Crippen molar-refractivity contribution in [1.29, 1.82) is 0 Å². The summed E-state index contributed by atoms with van der Waals surface area (Å²) in [6, 6.07) is 1.94. The Morgan fingerprint density at radius 2 is 1.97 bits per heavy atom. The molecule has 4 heterocycles. The van der Waals surface area contributed by atoms with Crippen LogP contribution in [0.25, 0.3) is 5.95 Å². The van der Waals surface area contributed by atoms with Gasteiger partial charge < -0.3 is 14.9 Å². The van der Waals surface area contributed by atoms with Crippen molar-refractivity contribution in [2.45, 2.75) is 31.7 Å². The van der Waals surface area contributed by atoms with E-state index in [-0.39, 0.29) is 11.9 Å². The first-order chi connectivity index (χ1) is 14.6. The van der Waals surface area contributed by atoms with E-state index in [0.29, 0.717) is 38.5 Å². The molecular formula is C19H26N8O3. The van der Waals surface area contributed by atoms with Gasteiger partial charge in [0.25, 0.3) is 0 Å². The van der Waals surface area contributed by atoms with Crippen LogP contribution < -0.4 is 10.3 Å². The molecule has 1 atom stereocenters. The Labute approximate surface area is 174 Å². The number of piperidine rings is 1. The molecular weight excluding hydrogens is 388 g/mol. The van der Waals surface area contributed by atoms with Gasteiger partial charge in [-0.15, -0.1) is 0 Å². The van der Waals surface area contributed by atoms with Gasteiger partial charge in [0.2, 0.25) is 11.9 Å². The maximum atomic E-state index is 12.7. The number of hydrogen-bond donors (Lipinski definition) is 2. The van der Waals surface area contributed by atoms with Crippen molar-refractivity contribution < 1.29 is 14.7 Å². The zero-order valence-electron chi connectivity index (χ0n) is 16.7. The number of rotatable bonds is 5. The van der Waals surface area contributed by atoms with Gasteiger partial charge in [0, 0.05) is 63.8 Å². The minimum absolute atomic E-state index is 0.0560. The fraction of sp³-hybridized carbons (Fsp3) is 0.526. The van der Waals surface area contributed by atoms with Crippen molar-refractivity contribution in [2.75, 3.05) is 37.6 Å². The molecule has 0 radical (unpaired) electrons. The average molecular weight is 414 g/mol. The van der Waals surface area contributed by atoms with Crippen molar-refractivity contribution in [2.24, 2.45) is 0 Å². The second-order valence-electron chi connectivity index (χ2n) is 7.52. The van der Waals surface area contributed by atoms with Crippen LogP contribution in [0.4, 0.5) is 10.6 Å². The third-order valence-electron chi connectivity index (χ3n) is 5.54. The summed E-state index contributed by atoms with van der Waals surface area (Å²) < 4.78 is 1.76. The first kappa shape index (κ1) is 20.1. The standard InChI is InChI=1S/C19H26N8O3/c28-17(23-26-11-9-24(10-12-26)19(29)30)13-15-3-1-2-7-27(15)16-4-5-21-18(22-16)25-8-6-20-14-25/h4-6,8,14-15H,1-3,7,9-13H2,(H,23,28)(H,29,30). The van der Waals surface area contributed by atoms with E-state index in [1.165, 1.54) is 4.90 Å². The molecule has 160 valence electrons. The topological polar surface area (TPSA) is 120 Å². The minimum atomic E-state index is -0.918. The predicted molar refractivity (Wildman–Crippen MR) is 108 cm³/mol. The minimum Gasteiger partial charge on any atom is -0.465 e. The molecule has 2 aliphatic rings. The molecule has 4 rings (SSSR count). The van der Waals surface area contributed by atoms with Crippen LogP contribution in [0.15, 0.2) is 31.0 Å². The molecule has 2 N–H and O–H groups in total. The van der Waals surface area contributed by atoms with Gasteiger partial charge in [0.05, 0.1) is 0 Å². The maximum absolute atomic E-state index is 12.7. The first-order valence-electron chi connectivity index (χ1n) is 10.2. The molecule has 1 unspecified atom stereocenters. The molecule has 0 spiro atoms. The number of nitrogens with zero attached hydrogens (tertiary/aromatic N) is 7. The summed E-state index contributed by atoms with van der Waals surface area (Å²) >= 11 is 0. The van der Waals surface area contributed by atoms with E-state index in [1.54, 1.807) is 34.5 Å². The number of imidazole rings is 1. The number of hydrazine groups is 1. The Kier molecular flexibility index (Phi) is 6.07. The third-order valence-corrected chi connectivity index (χ3v) is 5.54. The summed E-state index contributed by atoms with van der Waals surface area (Å²) in [6.07, 6.45) is 9.36. The van der Waals surface area contributed by atoms with Crippen LogP contribution in [0.1, 0.15) is 25.7 Å². The number of carboxylic acid groups (broad SMARTS) is 1. The highest BCUT2D eigenvalue weighted by Gasteiger charge is 2.28. The van der Waals surface area contributed by atoms with E-state index in [4.69, 9.17) is 5.11 Å². The number of piperazine rings is 1. The number of amides is 2. The average Bonchev–Trinajstić information content (AvgIpc) is 3.30. The van der Waals surface area contributed by atoms with E-state index >= 15 is 0 Å². The van der Waals surface area contributed by atoms with Crippen LogP contribution in [-0.2, 0) is 4.79 Å². The van der Waals surface area contributed by atoms with E-state index in [0.717, 1.165) is 31.6 Å². The predicted octanol–water partition coefficient (Wildman–Crippen LogP) is 0.738. The van der Waals surface area contributed by atoms with Gasteiger partial charge in [-0.3, -0.25) is 14.8 Å². The Morgan fingerprint density at radius 1 is 1.13 bits per heavy atom. The number of carbonyl (C=O) groups is 2. The Hall–Kier alpha value is -3.21. The van der Waals surface area contributed by atoms with Crippen molar-refractivity contribution in [1.82, 2.24) is 34.9 Å².